The summed E-state index contributed by atoms with van der Waals surface area (Å²) in [7, 11) is 0. The van der Waals surface area contributed by atoms with Gasteiger partial charge in [0.1, 0.15) is 0 Å². The van der Waals surface area contributed by atoms with E-state index in [4.69, 9.17) is 0 Å². The van der Waals surface area contributed by atoms with Crippen LogP contribution in [0.1, 0.15) is 0 Å². The van der Waals surface area contributed by atoms with Crippen LogP contribution in [0.25, 0.3) is 0 Å². The molecule has 2 N–H and O–H groups in total. The van der Waals surface area contributed by atoms with E-state index in [1.54, 1.807) is 0 Å². The SMILES string of the molecule is [Cr+4].[K+].[K+].[O-2].[O-2].[OH-].[OH-]. The Balaban J connectivity index is 0. The zero-order chi connectivity index (χ0) is 0. The fourth-order valence-corrected chi connectivity index (χ4v) is 0. The van der Waals surface area contributed by atoms with Gasteiger partial charge in [-0.25, -0.2) is 0 Å². The third kappa shape index (κ3) is 42.4. The first-order chi connectivity index (χ1) is 0. The summed E-state index contributed by atoms with van der Waals surface area (Å²) in [4.78, 5) is 0. The summed E-state index contributed by atoms with van der Waals surface area (Å²) in [5, 5.41) is 0. The van der Waals surface area contributed by atoms with Gasteiger partial charge in [0.2, 0.25) is 0 Å². The summed E-state index contributed by atoms with van der Waals surface area (Å²) in [5.74, 6) is 0. The maximum atomic E-state index is 0. The molecule has 0 aliphatic heterocycles. The second kappa shape index (κ2) is 54.3. The fourth-order valence-electron chi connectivity index (χ4n) is 0. The Labute approximate surface area is 138 Å². The Morgan fingerprint density at radius 1 is 0.571 bits per heavy atom. The van der Waals surface area contributed by atoms with E-state index in [9.17, 15) is 0 Å². The van der Waals surface area contributed by atoms with Crippen molar-refractivity contribution in [3.63, 3.8) is 0 Å². The Morgan fingerprint density at radius 2 is 0.571 bits per heavy atom. The molecule has 0 heterocycles. The molecule has 0 rings (SSSR count). The van der Waals surface area contributed by atoms with Crippen molar-refractivity contribution in [3.8, 4) is 0 Å². The van der Waals surface area contributed by atoms with Gasteiger partial charge >= 0.3 is 120 Å². The van der Waals surface area contributed by atoms with Crippen molar-refractivity contribution in [3.05, 3.63) is 0 Å². The third-order valence-electron chi connectivity index (χ3n) is 0. The molecule has 0 radical (unpaired) electrons. The molecular formula is H2CrK2O4. The molecule has 0 fully saturated rings. The average molecular weight is 196 g/mol. The van der Waals surface area contributed by atoms with E-state index in [0.717, 1.165) is 0 Å². The molecule has 7 heavy (non-hydrogen) atoms. The van der Waals surface area contributed by atoms with Gasteiger partial charge in [-0.05, 0) is 0 Å². The molecule has 0 spiro atoms. The van der Waals surface area contributed by atoms with Crippen LogP contribution < -0.4 is 103 Å². The Hall–Kier alpha value is 3.65. The molecule has 0 atom stereocenters. The molecular weight excluding hydrogens is 194 g/mol. The molecule has 0 unspecified atom stereocenters. The second-order valence-electron chi connectivity index (χ2n) is 0. The summed E-state index contributed by atoms with van der Waals surface area (Å²) < 4.78 is 0. The summed E-state index contributed by atoms with van der Waals surface area (Å²) in [6.07, 6.45) is 0. The molecule has 7 heteroatoms. The predicted molar refractivity (Wildman–Crippen MR) is 5.24 cm³/mol. The normalized spacial score (nSPS) is 0. The predicted octanol–water partition coefficient (Wildman–Crippen LogP) is -6.59. The Bertz CT molecular complexity index is 9.65. The molecule has 34 valence electrons. The summed E-state index contributed by atoms with van der Waals surface area (Å²) in [5.41, 5.74) is 0. The van der Waals surface area contributed by atoms with E-state index in [1.807, 2.05) is 0 Å². The molecule has 0 aromatic heterocycles. The van der Waals surface area contributed by atoms with Crippen molar-refractivity contribution in [1.29, 1.82) is 0 Å². The van der Waals surface area contributed by atoms with E-state index in [0.29, 0.717) is 0 Å². The molecule has 0 saturated carbocycles. The van der Waals surface area contributed by atoms with Gasteiger partial charge in [-0.1, -0.05) is 0 Å². The van der Waals surface area contributed by atoms with Crippen LogP contribution in [0, 0.1) is 0 Å². The van der Waals surface area contributed by atoms with Gasteiger partial charge in [-0.15, -0.1) is 0 Å². The number of hydrogen-bond acceptors (Lipinski definition) is 2. The van der Waals surface area contributed by atoms with Crippen molar-refractivity contribution in [2.45, 2.75) is 0 Å². The number of hydrogen-bond donors (Lipinski definition) is 0. The smallest absolute Gasteiger partial charge is 2.00 e. The van der Waals surface area contributed by atoms with E-state index < -0.39 is 0 Å². The van der Waals surface area contributed by atoms with Crippen LogP contribution in [-0.2, 0) is 28.3 Å². The molecule has 0 aliphatic rings. The molecule has 0 bridgehead atoms. The van der Waals surface area contributed by atoms with Crippen LogP contribution in [0.4, 0.5) is 0 Å². The van der Waals surface area contributed by atoms with Crippen molar-refractivity contribution in [2.75, 3.05) is 0 Å². The van der Waals surface area contributed by atoms with Crippen LogP contribution in [-0.4, -0.2) is 11.0 Å². The van der Waals surface area contributed by atoms with E-state index in [1.165, 1.54) is 0 Å². The van der Waals surface area contributed by atoms with E-state index in [-0.39, 0.29) is 142 Å². The zero-order valence-electron chi connectivity index (χ0n) is 4.12. The maximum Gasteiger partial charge on any atom is 4.00 e. The van der Waals surface area contributed by atoms with Gasteiger partial charge < -0.3 is 21.9 Å². The van der Waals surface area contributed by atoms with Crippen molar-refractivity contribution < 1.29 is 142 Å². The maximum absolute atomic E-state index is 0. The van der Waals surface area contributed by atoms with Crippen LogP contribution in [0.2, 0.25) is 0 Å². The average Bonchev–Trinajstić information content (AvgIpc) is 0. The molecule has 0 saturated heterocycles. The quantitative estimate of drug-likeness (QED) is 0.358. The molecule has 0 aromatic rings. The van der Waals surface area contributed by atoms with Crippen LogP contribution >= 0.6 is 0 Å². The molecule has 0 aromatic carbocycles. The molecule has 0 amide bonds. The second-order valence-corrected chi connectivity index (χ2v) is 0. The van der Waals surface area contributed by atoms with Gasteiger partial charge in [-0.3, -0.25) is 0 Å². The van der Waals surface area contributed by atoms with Gasteiger partial charge in [0.15, 0.2) is 0 Å². The Morgan fingerprint density at radius 3 is 0.571 bits per heavy atom. The topological polar surface area (TPSA) is 117 Å². The summed E-state index contributed by atoms with van der Waals surface area (Å²) >= 11 is 0. The largest absolute Gasteiger partial charge is 4.00 e. The van der Waals surface area contributed by atoms with E-state index in [2.05, 4.69) is 0 Å². The van der Waals surface area contributed by atoms with Crippen LogP contribution in [0.3, 0.4) is 0 Å². The first-order valence-electron chi connectivity index (χ1n) is 0. The Kier molecular flexibility index (Phi) is 578. The third-order valence-corrected chi connectivity index (χ3v) is 0. The van der Waals surface area contributed by atoms with Crippen molar-refractivity contribution in [1.82, 2.24) is 0 Å². The monoisotopic (exact) mass is 196 g/mol. The minimum Gasteiger partial charge on any atom is -2.00 e. The van der Waals surface area contributed by atoms with Gasteiger partial charge in [0, 0.05) is 0 Å². The zero-order valence-corrected chi connectivity index (χ0v) is 11.6. The van der Waals surface area contributed by atoms with E-state index >= 15 is 0 Å². The van der Waals surface area contributed by atoms with Gasteiger partial charge in [0.05, 0.1) is 0 Å². The van der Waals surface area contributed by atoms with Crippen LogP contribution in [0.15, 0.2) is 0 Å². The summed E-state index contributed by atoms with van der Waals surface area (Å²) in [6, 6.07) is 0. The minimum absolute atomic E-state index is 0. The fraction of sp³-hybridized carbons (Fsp3) is 0. The van der Waals surface area contributed by atoms with Crippen molar-refractivity contribution in [2.24, 2.45) is 0 Å². The summed E-state index contributed by atoms with van der Waals surface area (Å²) in [6.45, 7) is 0. The first-order valence-corrected chi connectivity index (χ1v) is 0. The van der Waals surface area contributed by atoms with Gasteiger partial charge in [-0.2, -0.15) is 0 Å². The number of rotatable bonds is 0. The first kappa shape index (κ1) is 74.5. The van der Waals surface area contributed by atoms with Crippen molar-refractivity contribution >= 4 is 0 Å². The van der Waals surface area contributed by atoms with Gasteiger partial charge in [0.25, 0.3) is 0 Å². The standard InChI is InChI=1S/Cr.2K.2H2O.2O/h;;;2*1H2;;/q+4;2*+1;;;2*-2/p-2. The minimum atomic E-state index is 0. The molecule has 4 nitrogen and oxygen atoms in total. The van der Waals surface area contributed by atoms with Crippen LogP contribution in [0.5, 0.6) is 0 Å². The molecule has 0 aliphatic carbocycles.